The van der Waals surface area contributed by atoms with Crippen molar-refractivity contribution in [1.29, 1.82) is 0 Å². The highest BCUT2D eigenvalue weighted by Crippen LogP contribution is 2.17. The van der Waals surface area contributed by atoms with Crippen LogP contribution < -0.4 is 4.72 Å². The first-order chi connectivity index (χ1) is 8.54. The second-order valence-corrected chi connectivity index (χ2v) is 5.16. The molecule has 2 heterocycles. The van der Waals surface area contributed by atoms with Crippen molar-refractivity contribution >= 4 is 10.0 Å². The minimum Gasteiger partial charge on any atom is -0.390 e. The Balaban J connectivity index is 2.22. The van der Waals surface area contributed by atoms with Crippen molar-refractivity contribution < 1.29 is 18.0 Å². The molecule has 3 N–H and O–H groups in total. The van der Waals surface area contributed by atoms with Crippen molar-refractivity contribution in [3.63, 3.8) is 0 Å². The number of aliphatic hydroxyl groups excluding tert-OH is 1. The molecule has 2 aromatic rings. The zero-order valence-corrected chi connectivity index (χ0v) is 10.2. The molecule has 0 aliphatic heterocycles. The van der Waals surface area contributed by atoms with E-state index in [-0.39, 0.29) is 23.0 Å². The highest BCUT2D eigenvalue weighted by molar-refractivity contribution is 7.89. The Morgan fingerprint density at radius 1 is 1.56 bits per heavy atom. The van der Waals surface area contributed by atoms with E-state index in [1.807, 2.05) is 0 Å². The predicted octanol–water partition coefficient (Wildman–Crippen LogP) is -0.928. The molecule has 0 amide bonds. The molecule has 0 saturated carbocycles. The first kappa shape index (κ1) is 12.7. The van der Waals surface area contributed by atoms with Gasteiger partial charge in [0.15, 0.2) is 5.82 Å². The van der Waals surface area contributed by atoms with Gasteiger partial charge in [0.1, 0.15) is 10.6 Å². The zero-order chi connectivity index (χ0) is 13.2. The summed E-state index contributed by atoms with van der Waals surface area (Å²) in [6.45, 7) is 0.978. The van der Waals surface area contributed by atoms with Gasteiger partial charge in [0.2, 0.25) is 16.4 Å². The van der Waals surface area contributed by atoms with Gasteiger partial charge >= 0.3 is 0 Å². The molecule has 0 radical (unpaired) electrons. The van der Waals surface area contributed by atoms with E-state index in [4.69, 9.17) is 5.11 Å². The number of H-pyrrole nitrogens is 1. The largest absolute Gasteiger partial charge is 0.390 e. The van der Waals surface area contributed by atoms with Gasteiger partial charge in [-0.15, -0.1) is 0 Å². The molecule has 0 fully saturated rings. The smallest absolute Gasteiger partial charge is 0.244 e. The zero-order valence-electron chi connectivity index (χ0n) is 9.41. The van der Waals surface area contributed by atoms with E-state index in [1.54, 1.807) is 6.92 Å². The molecule has 9 nitrogen and oxygen atoms in total. The molecule has 10 heteroatoms. The third-order valence-electron chi connectivity index (χ3n) is 2.21. The topological polar surface area (TPSA) is 134 Å². The molecular weight excluding hydrogens is 262 g/mol. The predicted molar refractivity (Wildman–Crippen MR) is 57.6 cm³/mol. The summed E-state index contributed by atoms with van der Waals surface area (Å²) >= 11 is 0. The highest BCUT2D eigenvalue weighted by Gasteiger charge is 2.24. The fraction of sp³-hybridized carbons (Fsp3) is 0.375. The normalized spacial score (nSPS) is 11.9. The Morgan fingerprint density at radius 3 is 2.94 bits per heavy atom. The summed E-state index contributed by atoms with van der Waals surface area (Å²) in [7, 11) is -3.79. The average Bonchev–Trinajstić information content (AvgIpc) is 2.95. The van der Waals surface area contributed by atoms with Gasteiger partial charge in [-0.05, 0) is 6.92 Å². The van der Waals surface area contributed by atoms with Crippen LogP contribution in [0.5, 0.6) is 0 Å². The Morgan fingerprint density at radius 2 is 2.33 bits per heavy atom. The number of hydrogen-bond acceptors (Lipinski definition) is 7. The summed E-state index contributed by atoms with van der Waals surface area (Å²) in [5, 5.41) is 18.7. The number of rotatable bonds is 5. The molecule has 0 aromatic carbocycles. The van der Waals surface area contributed by atoms with E-state index >= 15 is 0 Å². The summed E-state index contributed by atoms with van der Waals surface area (Å²) < 4.78 is 30.8. The van der Waals surface area contributed by atoms with Crippen LogP contribution in [0.1, 0.15) is 17.2 Å². The van der Waals surface area contributed by atoms with Crippen LogP contribution in [0.15, 0.2) is 15.8 Å². The Hall–Kier alpha value is -1.78. The lowest BCUT2D eigenvalue weighted by molar-refractivity contribution is 0.273. The van der Waals surface area contributed by atoms with E-state index in [1.165, 1.54) is 0 Å². The first-order valence-corrected chi connectivity index (χ1v) is 6.42. The molecule has 2 aromatic heterocycles. The number of aryl methyl sites for hydroxylation is 1. The molecule has 0 aliphatic carbocycles. The molecule has 0 spiro atoms. The lowest BCUT2D eigenvalue weighted by atomic mass is 10.4. The second-order valence-electron chi connectivity index (χ2n) is 3.45. The van der Waals surface area contributed by atoms with E-state index in [2.05, 4.69) is 29.6 Å². The quantitative estimate of drug-likeness (QED) is 0.640. The van der Waals surface area contributed by atoms with E-state index in [0.29, 0.717) is 5.69 Å². The van der Waals surface area contributed by atoms with Gasteiger partial charge in [0.05, 0.1) is 18.8 Å². The number of nitrogens with zero attached hydrogens (tertiary/aromatic N) is 3. The van der Waals surface area contributed by atoms with Crippen LogP contribution in [0.4, 0.5) is 0 Å². The third kappa shape index (κ3) is 2.39. The molecule has 2 rings (SSSR count). The lowest BCUT2D eigenvalue weighted by Gasteiger charge is -2.05. The van der Waals surface area contributed by atoms with E-state index in [9.17, 15) is 8.42 Å². The summed E-state index contributed by atoms with van der Waals surface area (Å²) in [6, 6.07) is 0. The van der Waals surface area contributed by atoms with Gasteiger partial charge in [-0.25, -0.2) is 13.1 Å². The molecule has 0 unspecified atom stereocenters. The van der Waals surface area contributed by atoms with Gasteiger partial charge in [-0.1, -0.05) is 5.16 Å². The number of hydrogen-bond donors (Lipinski definition) is 3. The number of sulfonamides is 1. The van der Waals surface area contributed by atoms with Crippen LogP contribution in [-0.2, 0) is 23.2 Å². The molecule has 0 bridgehead atoms. The summed E-state index contributed by atoms with van der Waals surface area (Å²) in [4.78, 5) is 3.63. The van der Waals surface area contributed by atoms with Gasteiger partial charge in [-0.3, -0.25) is 5.10 Å². The number of aliphatic hydroxyl groups is 1. The van der Waals surface area contributed by atoms with Gasteiger partial charge in [0, 0.05) is 0 Å². The number of aromatic amines is 1. The van der Waals surface area contributed by atoms with Crippen molar-refractivity contribution in [3.8, 4) is 0 Å². The summed E-state index contributed by atoms with van der Waals surface area (Å²) in [5.41, 5.74) is 0.410. The minimum absolute atomic E-state index is 0.0616. The van der Waals surface area contributed by atoms with Crippen LogP contribution in [0.25, 0.3) is 0 Å². The third-order valence-corrected chi connectivity index (χ3v) is 3.81. The standard InChI is InChI=1S/C8H11N5O4S/c1-5-8(6(3-14)12-11-5)18(15,16)10-2-7-9-4-17-13-7/h4,10,14H,2-3H2,1H3,(H,11,12). The van der Waals surface area contributed by atoms with Crippen LogP contribution in [0.3, 0.4) is 0 Å². The van der Waals surface area contributed by atoms with E-state index in [0.717, 1.165) is 6.39 Å². The Kier molecular flexibility index (Phi) is 3.41. The maximum Gasteiger partial charge on any atom is 0.244 e. The highest BCUT2D eigenvalue weighted by atomic mass is 32.2. The van der Waals surface area contributed by atoms with E-state index < -0.39 is 16.6 Å². The fourth-order valence-electron chi connectivity index (χ4n) is 1.44. The Bertz CT molecular complexity index is 618. The second kappa shape index (κ2) is 4.84. The van der Waals surface area contributed by atoms with Crippen LogP contribution in [0.2, 0.25) is 0 Å². The van der Waals surface area contributed by atoms with Crippen molar-refractivity contribution in [2.24, 2.45) is 0 Å². The Labute approximate surface area is 102 Å². The van der Waals surface area contributed by atoms with Crippen molar-refractivity contribution in [1.82, 2.24) is 25.1 Å². The van der Waals surface area contributed by atoms with Gasteiger partial charge in [-0.2, -0.15) is 10.1 Å². The molecule has 18 heavy (non-hydrogen) atoms. The molecule has 0 atom stereocenters. The fourth-order valence-corrected chi connectivity index (χ4v) is 2.77. The minimum atomic E-state index is -3.79. The number of nitrogens with one attached hydrogen (secondary N) is 2. The van der Waals surface area contributed by atoms with Crippen LogP contribution in [-0.4, -0.2) is 33.9 Å². The van der Waals surface area contributed by atoms with Crippen molar-refractivity contribution in [2.45, 2.75) is 25.0 Å². The molecule has 98 valence electrons. The van der Waals surface area contributed by atoms with Crippen molar-refractivity contribution in [3.05, 3.63) is 23.6 Å². The van der Waals surface area contributed by atoms with Crippen LogP contribution in [0, 0.1) is 6.92 Å². The monoisotopic (exact) mass is 273 g/mol. The lowest BCUT2D eigenvalue weighted by Crippen LogP contribution is -2.25. The maximum atomic E-state index is 12.0. The molecule has 0 saturated heterocycles. The first-order valence-electron chi connectivity index (χ1n) is 4.94. The SMILES string of the molecule is Cc1[nH]nc(CO)c1S(=O)(=O)NCc1ncon1. The van der Waals surface area contributed by atoms with Crippen LogP contribution >= 0.6 is 0 Å². The maximum absolute atomic E-state index is 12.0. The summed E-state index contributed by atoms with van der Waals surface area (Å²) in [6.07, 6.45) is 1.10. The van der Waals surface area contributed by atoms with Gasteiger partial charge in [0.25, 0.3) is 0 Å². The average molecular weight is 273 g/mol. The number of aromatic nitrogens is 4. The molecular formula is C8H11N5O4S. The molecule has 0 aliphatic rings. The van der Waals surface area contributed by atoms with Gasteiger partial charge < -0.3 is 9.63 Å². The summed E-state index contributed by atoms with van der Waals surface area (Å²) in [5.74, 6) is 0.213. The van der Waals surface area contributed by atoms with Crippen molar-refractivity contribution in [2.75, 3.05) is 0 Å².